The number of hydrogen-bond acceptors (Lipinski definition) is 2. The van der Waals surface area contributed by atoms with Crippen LogP contribution >= 0.6 is 11.3 Å². The van der Waals surface area contributed by atoms with E-state index >= 15 is 0 Å². The van der Waals surface area contributed by atoms with E-state index in [0.717, 1.165) is 30.0 Å². The van der Waals surface area contributed by atoms with Gasteiger partial charge in [-0.05, 0) is 54.0 Å². The predicted molar refractivity (Wildman–Crippen MR) is 93.6 cm³/mol. The number of benzene rings is 1. The molecule has 0 aliphatic carbocycles. The quantitative estimate of drug-likeness (QED) is 0.748. The van der Waals surface area contributed by atoms with Gasteiger partial charge in [-0.25, -0.2) is 4.39 Å². The van der Waals surface area contributed by atoms with Crippen molar-refractivity contribution in [1.29, 1.82) is 0 Å². The lowest BCUT2D eigenvalue weighted by atomic mass is 9.99. The third-order valence-electron chi connectivity index (χ3n) is 4.14. The highest BCUT2D eigenvalue weighted by molar-refractivity contribution is 7.11. The van der Waals surface area contributed by atoms with Gasteiger partial charge in [0.05, 0.1) is 5.57 Å². The second kappa shape index (κ2) is 7.09. The number of halogens is 1. The zero-order chi connectivity index (χ0) is 16.2. The zero-order valence-electron chi connectivity index (χ0n) is 13.2. The number of hydrogen-bond donors (Lipinski definition) is 0. The molecule has 0 bridgehead atoms. The van der Waals surface area contributed by atoms with Crippen LogP contribution in [0.3, 0.4) is 0 Å². The van der Waals surface area contributed by atoms with Gasteiger partial charge in [0, 0.05) is 18.0 Å². The van der Waals surface area contributed by atoms with Crippen LogP contribution in [0, 0.1) is 11.7 Å². The fraction of sp³-hybridized carbons (Fsp3) is 0.316. The molecule has 0 spiro atoms. The maximum absolute atomic E-state index is 13.1. The molecule has 1 atom stereocenters. The van der Waals surface area contributed by atoms with Gasteiger partial charge >= 0.3 is 0 Å². The van der Waals surface area contributed by atoms with E-state index in [2.05, 4.69) is 6.92 Å². The molecule has 1 amide bonds. The highest BCUT2D eigenvalue weighted by Crippen LogP contribution is 2.27. The summed E-state index contributed by atoms with van der Waals surface area (Å²) < 4.78 is 13.1. The fourth-order valence-electron chi connectivity index (χ4n) is 2.94. The Hall–Kier alpha value is -1.94. The van der Waals surface area contributed by atoms with Gasteiger partial charge in [-0.2, -0.15) is 0 Å². The zero-order valence-corrected chi connectivity index (χ0v) is 14.0. The molecule has 3 rings (SSSR count). The van der Waals surface area contributed by atoms with Crippen LogP contribution in [0.5, 0.6) is 0 Å². The van der Waals surface area contributed by atoms with Crippen LogP contribution in [-0.2, 0) is 4.79 Å². The van der Waals surface area contributed by atoms with E-state index in [1.165, 1.54) is 18.6 Å². The molecule has 0 N–H and O–H groups in total. The van der Waals surface area contributed by atoms with Crippen molar-refractivity contribution in [3.63, 3.8) is 0 Å². The molecule has 120 valence electrons. The van der Waals surface area contributed by atoms with Gasteiger partial charge < -0.3 is 4.90 Å². The summed E-state index contributed by atoms with van der Waals surface area (Å²) in [5, 5.41) is 1.97. The summed E-state index contributed by atoms with van der Waals surface area (Å²) in [6, 6.07) is 10.2. The lowest BCUT2D eigenvalue weighted by molar-refractivity contribution is -0.126. The minimum atomic E-state index is -0.268. The number of piperidine rings is 1. The molecule has 0 saturated carbocycles. The Morgan fingerprint density at radius 3 is 2.74 bits per heavy atom. The monoisotopic (exact) mass is 329 g/mol. The third kappa shape index (κ3) is 3.88. The Bertz CT molecular complexity index is 691. The number of carbonyl (C=O) groups is 1. The number of rotatable bonds is 3. The number of carbonyl (C=O) groups excluding carboxylic acids is 1. The highest BCUT2D eigenvalue weighted by Gasteiger charge is 2.24. The van der Waals surface area contributed by atoms with Gasteiger partial charge in [-0.15, -0.1) is 11.3 Å². The second-order valence-electron chi connectivity index (χ2n) is 6.09. The first-order valence-corrected chi connectivity index (χ1v) is 8.82. The maximum Gasteiger partial charge on any atom is 0.255 e. The summed E-state index contributed by atoms with van der Waals surface area (Å²) in [6.45, 7) is 3.81. The molecule has 0 radical (unpaired) electrons. The largest absolute Gasteiger partial charge is 0.338 e. The first-order chi connectivity index (χ1) is 11.1. The molecular weight excluding hydrogens is 309 g/mol. The van der Waals surface area contributed by atoms with Crippen LogP contribution < -0.4 is 0 Å². The number of nitrogens with zero attached hydrogens (tertiary/aromatic N) is 1. The number of amides is 1. The molecule has 0 unspecified atom stereocenters. The third-order valence-corrected chi connectivity index (χ3v) is 5.05. The van der Waals surface area contributed by atoms with E-state index < -0.39 is 0 Å². The Kier molecular flexibility index (Phi) is 4.91. The van der Waals surface area contributed by atoms with Crippen molar-refractivity contribution in [3.05, 3.63) is 58.0 Å². The van der Waals surface area contributed by atoms with Crippen molar-refractivity contribution in [2.75, 3.05) is 13.1 Å². The molecule has 2 heterocycles. The van der Waals surface area contributed by atoms with Gasteiger partial charge in [-0.3, -0.25) is 4.79 Å². The molecule has 1 aromatic carbocycles. The lowest BCUT2D eigenvalue weighted by Crippen LogP contribution is -2.39. The van der Waals surface area contributed by atoms with E-state index in [1.807, 2.05) is 28.5 Å². The molecule has 23 heavy (non-hydrogen) atoms. The summed E-state index contributed by atoms with van der Waals surface area (Å²) in [5.74, 6) is 0.349. The minimum Gasteiger partial charge on any atom is -0.338 e. The smallest absolute Gasteiger partial charge is 0.255 e. The summed E-state index contributed by atoms with van der Waals surface area (Å²) in [6.07, 6.45) is 4.11. The van der Waals surface area contributed by atoms with Crippen molar-refractivity contribution in [3.8, 4) is 0 Å². The molecule has 2 aromatic rings. The molecule has 2 nitrogen and oxygen atoms in total. The number of likely N-dealkylation sites (tertiary alicyclic amines) is 1. The molecule has 1 aliphatic heterocycles. The Morgan fingerprint density at radius 2 is 2.09 bits per heavy atom. The topological polar surface area (TPSA) is 20.3 Å². The van der Waals surface area contributed by atoms with Crippen LogP contribution in [-0.4, -0.2) is 23.9 Å². The molecular formula is C19H20FNOS. The number of thiophene rings is 1. The van der Waals surface area contributed by atoms with E-state index in [4.69, 9.17) is 0 Å². The normalized spacial score (nSPS) is 19.0. The average Bonchev–Trinajstić information content (AvgIpc) is 3.08. The van der Waals surface area contributed by atoms with Crippen molar-refractivity contribution < 1.29 is 9.18 Å². The van der Waals surface area contributed by atoms with E-state index in [0.29, 0.717) is 11.5 Å². The molecule has 4 heteroatoms. The Balaban J connectivity index is 1.92. The van der Waals surface area contributed by atoms with Gasteiger partial charge in [-0.1, -0.05) is 25.1 Å². The summed E-state index contributed by atoms with van der Waals surface area (Å²) in [5.41, 5.74) is 1.54. The van der Waals surface area contributed by atoms with Gasteiger partial charge in [0.1, 0.15) is 5.82 Å². The van der Waals surface area contributed by atoms with Crippen molar-refractivity contribution in [1.82, 2.24) is 4.90 Å². The second-order valence-corrected chi connectivity index (χ2v) is 7.03. The van der Waals surface area contributed by atoms with Crippen LogP contribution in [0.1, 0.15) is 30.2 Å². The SMILES string of the molecule is C[C@H]1CCCN(C(=O)/C(=C/c2ccc(F)cc2)c2cccs2)C1. The Morgan fingerprint density at radius 1 is 1.30 bits per heavy atom. The van der Waals surface area contributed by atoms with Gasteiger partial charge in [0.15, 0.2) is 0 Å². The summed E-state index contributed by atoms with van der Waals surface area (Å²) >= 11 is 1.56. The Labute approximate surface area is 140 Å². The van der Waals surface area contributed by atoms with E-state index in [-0.39, 0.29) is 11.7 Å². The predicted octanol–water partition coefficient (Wildman–Crippen LogP) is 4.69. The van der Waals surface area contributed by atoms with Crippen molar-refractivity contribution in [2.45, 2.75) is 19.8 Å². The maximum atomic E-state index is 13.1. The van der Waals surface area contributed by atoms with Crippen LogP contribution in [0.25, 0.3) is 11.6 Å². The van der Waals surface area contributed by atoms with Crippen LogP contribution in [0.4, 0.5) is 4.39 Å². The van der Waals surface area contributed by atoms with Crippen LogP contribution in [0.15, 0.2) is 41.8 Å². The molecule has 1 aliphatic rings. The molecule has 1 saturated heterocycles. The molecule has 1 aromatic heterocycles. The van der Waals surface area contributed by atoms with Gasteiger partial charge in [0.2, 0.25) is 0 Å². The summed E-state index contributed by atoms with van der Waals surface area (Å²) in [7, 11) is 0. The van der Waals surface area contributed by atoms with Crippen LogP contribution in [0.2, 0.25) is 0 Å². The van der Waals surface area contributed by atoms with E-state index in [9.17, 15) is 9.18 Å². The van der Waals surface area contributed by atoms with Crippen molar-refractivity contribution >= 4 is 28.9 Å². The summed E-state index contributed by atoms with van der Waals surface area (Å²) in [4.78, 5) is 15.9. The lowest BCUT2D eigenvalue weighted by Gasteiger charge is -2.31. The standard InChI is InChI=1S/C19H20FNOS/c1-14-4-2-10-21(13-14)19(22)17(18-5-3-11-23-18)12-15-6-8-16(20)9-7-15/h3,5-9,11-12,14H,2,4,10,13H2,1H3/b17-12+/t14-/m0/s1. The highest BCUT2D eigenvalue weighted by atomic mass is 32.1. The first-order valence-electron chi connectivity index (χ1n) is 7.94. The van der Waals surface area contributed by atoms with E-state index in [1.54, 1.807) is 23.5 Å². The molecule has 1 fully saturated rings. The van der Waals surface area contributed by atoms with Crippen molar-refractivity contribution in [2.24, 2.45) is 5.92 Å². The fourth-order valence-corrected chi connectivity index (χ4v) is 3.67. The average molecular weight is 329 g/mol. The van der Waals surface area contributed by atoms with Gasteiger partial charge in [0.25, 0.3) is 5.91 Å². The first kappa shape index (κ1) is 15.9. The minimum absolute atomic E-state index is 0.0725.